The Bertz CT molecular complexity index is 973. The summed E-state index contributed by atoms with van der Waals surface area (Å²) in [6, 6.07) is 1.26. The van der Waals surface area contributed by atoms with Gasteiger partial charge in [0.1, 0.15) is 5.69 Å². The number of anilines is 1. The highest BCUT2D eigenvalue weighted by molar-refractivity contribution is 6.34. The van der Waals surface area contributed by atoms with Crippen LogP contribution in [-0.4, -0.2) is 25.9 Å². The monoisotopic (exact) mass is 391 g/mol. The Morgan fingerprint density at radius 2 is 1.73 bits per heavy atom. The van der Waals surface area contributed by atoms with E-state index in [1.165, 1.54) is 18.5 Å². The lowest BCUT2D eigenvalue weighted by molar-refractivity contribution is 0.102. The van der Waals surface area contributed by atoms with Crippen molar-refractivity contribution in [1.29, 1.82) is 0 Å². The minimum Gasteiger partial charge on any atom is -0.304 e. The Balaban J connectivity index is 1.82. The molecular formula is C14H7ClF5N5O. The maximum atomic E-state index is 13.7. The third kappa shape index (κ3) is 3.12. The van der Waals surface area contributed by atoms with Gasteiger partial charge in [0.05, 0.1) is 23.3 Å². The van der Waals surface area contributed by atoms with E-state index in [-0.39, 0.29) is 16.5 Å². The van der Waals surface area contributed by atoms with E-state index in [0.29, 0.717) is 0 Å². The van der Waals surface area contributed by atoms with Gasteiger partial charge in [-0.05, 0) is 0 Å². The standard InChI is InChI=1S/C14H7ClF5N5O/c15-6-3-21-23-13(6)14(26)22-7-1-2-25(24-7)4-5-8(16)10(18)12(20)11(19)9(5)17/h1-3H,4H2,(H,21,23)(H,22,24,26). The number of halogens is 6. The van der Waals surface area contributed by atoms with Crippen LogP contribution in [0.5, 0.6) is 0 Å². The zero-order valence-electron chi connectivity index (χ0n) is 12.5. The number of hydrogen-bond donors (Lipinski definition) is 2. The molecule has 1 aromatic carbocycles. The van der Waals surface area contributed by atoms with E-state index in [2.05, 4.69) is 20.6 Å². The maximum Gasteiger partial charge on any atom is 0.276 e. The maximum absolute atomic E-state index is 13.7. The van der Waals surface area contributed by atoms with Crippen molar-refractivity contribution in [2.75, 3.05) is 5.32 Å². The molecule has 12 heteroatoms. The fourth-order valence-electron chi connectivity index (χ4n) is 2.08. The molecule has 2 aromatic heterocycles. The lowest BCUT2D eigenvalue weighted by Gasteiger charge is -2.08. The highest BCUT2D eigenvalue weighted by atomic mass is 35.5. The normalized spacial score (nSPS) is 11.0. The van der Waals surface area contributed by atoms with Crippen LogP contribution in [0.1, 0.15) is 16.1 Å². The fraction of sp³-hybridized carbons (Fsp3) is 0.0714. The SMILES string of the molecule is O=C(Nc1ccn(Cc2c(F)c(F)c(F)c(F)c2F)n1)c1[nH]ncc1Cl. The number of amides is 1. The number of benzene rings is 1. The largest absolute Gasteiger partial charge is 0.304 e. The van der Waals surface area contributed by atoms with Crippen LogP contribution < -0.4 is 5.32 Å². The number of aromatic amines is 1. The molecule has 2 N–H and O–H groups in total. The highest BCUT2D eigenvalue weighted by Crippen LogP contribution is 2.24. The number of nitrogens with zero attached hydrogens (tertiary/aromatic N) is 3. The Hall–Kier alpha value is -2.95. The Morgan fingerprint density at radius 3 is 2.31 bits per heavy atom. The van der Waals surface area contributed by atoms with E-state index in [0.717, 1.165) is 4.68 Å². The highest BCUT2D eigenvalue weighted by Gasteiger charge is 2.26. The van der Waals surface area contributed by atoms with Gasteiger partial charge in [-0.3, -0.25) is 14.6 Å². The number of H-pyrrole nitrogens is 1. The van der Waals surface area contributed by atoms with E-state index >= 15 is 0 Å². The number of hydrogen-bond acceptors (Lipinski definition) is 3. The van der Waals surface area contributed by atoms with Crippen molar-refractivity contribution in [3.05, 3.63) is 63.8 Å². The van der Waals surface area contributed by atoms with Gasteiger partial charge in [-0.15, -0.1) is 0 Å². The fourth-order valence-corrected chi connectivity index (χ4v) is 2.25. The quantitative estimate of drug-likeness (QED) is 0.407. The van der Waals surface area contributed by atoms with Crippen molar-refractivity contribution in [1.82, 2.24) is 20.0 Å². The molecule has 0 aliphatic rings. The molecule has 0 fully saturated rings. The predicted octanol–water partition coefficient (Wildman–Crippen LogP) is 3.26. The molecule has 26 heavy (non-hydrogen) atoms. The third-order valence-electron chi connectivity index (χ3n) is 3.32. The van der Waals surface area contributed by atoms with E-state index in [1.54, 1.807) is 0 Å². The van der Waals surface area contributed by atoms with Gasteiger partial charge in [0.25, 0.3) is 5.91 Å². The van der Waals surface area contributed by atoms with Crippen LogP contribution in [0.15, 0.2) is 18.5 Å². The molecule has 0 unspecified atom stereocenters. The van der Waals surface area contributed by atoms with E-state index in [4.69, 9.17) is 11.6 Å². The molecule has 0 aliphatic carbocycles. The van der Waals surface area contributed by atoms with Crippen LogP contribution in [-0.2, 0) is 6.54 Å². The Morgan fingerprint density at radius 1 is 1.12 bits per heavy atom. The molecule has 0 bridgehead atoms. The summed E-state index contributed by atoms with van der Waals surface area (Å²) in [6.07, 6.45) is 2.39. The van der Waals surface area contributed by atoms with Gasteiger partial charge < -0.3 is 5.32 Å². The van der Waals surface area contributed by atoms with Gasteiger partial charge in [-0.1, -0.05) is 11.6 Å². The van der Waals surface area contributed by atoms with Gasteiger partial charge in [0.15, 0.2) is 29.1 Å². The first kappa shape index (κ1) is 17.9. The summed E-state index contributed by atoms with van der Waals surface area (Å²) in [5, 5.41) is 12.1. The van der Waals surface area contributed by atoms with Crippen LogP contribution in [0.4, 0.5) is 27.8 Å². The summed E-state index contributed by atoms with van der Waals surface area (Å²) >= 11 is 5.73. The molecule has 2 heterocycles. The number of nitrogens with one attached hydrogen (secondary N) is 2. The molecule has 0 atom stereocenters. The average Bonchev–Trinajstić information content (AvgIpc) is 3.24. The second kappa shape index (κ2) is 6.75. The van der Waals surface area contributed by atoms with Gasteiger partial charge >= 0.3 is 0 Å². The van der Waals surface area contributed by atoms with Crippen LogP contribution in [0.2, 0.25) is 5.02 Å². The number of carbonyl (C=O) groups excluding carboxylic acids is 1. The second-order valence-electron chi connectivity index (χ2n) is 4.99. The molecule has 0 radical (unpaired) electrons. The van der Waals surface area contributed by atoms with E-state index in [9.17, 15) is 26.7 Å². The van der Waals surface area contributed by atoms with Crippen molar-refractivity contribution in [2.45, 2.75) is 6.54 Å². The van der Waals surface area contributed by atoms with Crippen molar-refractivity contribution in [3.63, 3.8) is 0 Å². The zero-order chi connectivity index (χ0) is 19.0. The third-order valence-corrected chi connectivity index (χ3v) is 3.61. The first-order chi connectivity index (χ1) is 12.3. The number of rotatable bonds is 4. The minimum absolute atomic E-state index is 0.0375. The molecule has 6 nitrogen and oxygen atoms in total. The summed E-state index contributed by atoms with van der Waals surface area (Å²) in [7, 11) is 0. The van der Waals surface area contributed by atoms with Crippen molar-refractivity contribution >= 4 is 23.3 Å². The Labute approximate surface area is 146 Å². The average molecular weight is 392 g/mol. The van der Waals surface area contributed by atoms with Gasteiger partial charge in [0, 0.05) is 12.3 Å². The topological polar surface area (TPSA) is 75.6 Å². The van der Waals surface area contributed by atoms with E-state index < -0.39 is 47.1 Å². The van der Waals surface area contributed by atoms with Gasteiger partial charge in [-0.25, -0.2) is 22.0 Å². The summed E-state index contributed by atoms with van der Waals surface area (Å²) in [4.78, 5) is 11.9. The molecule has 3 rings (SSSR count). The number of carbonyl (C=O) groups is 1. The number of aromatic nitrogens is 4. The molecule has 3 aromatic rings. The molecule has 0 spiro atoms. The van der Waals surface area contributed by atoms with Gasteiger partial charge in [0.2, 0.25) is 5.82 Å². The molecule has 0 aliphatic heterocycles. The van der Waals surface area contributed by atoms with Crippen molar-refractivity contribution in [3.8, 4) is 0 Å². The first-order valence-corrected chi connectivity index (χ1v) is 7.21. The summed E-state index contributed by atoms with van der Waals surface area (Å²) in [6.45, 7) is -0.744. The lowest BCUT2D eigenvalue weighted by Crippen LogP contribution is -2.14. The van der Waals surface area contributed by atoms with Crippen LogP contribution in [0, 0.1) is 29.1 Å². The van der Waals surface area contributed by atoms with Crippen LogP contribution >= 0.6 is 11.6 Å². The summed E-state index contributed by atoms with van der Waals surface area (Å²) in [5.41, 5.74) is -1.10. The van der Waals surface area contributed by atoms with Crippen molar-refractivity contribution < 1.29 is 26.7 Å². The second-order valence-corrected chi connectivity index (χ2v) is 5.40. The lowest BCUT2D eigenvalue weighted by atomic mass is 10.1. The summed E-state index contributed by atoms with van der Waals surface area (Å²) in [5.74, 6) is -11.0. The molecular weight excluding hydrogens is 385 g/mol. The van der Waals surface area contributed by atoms with Gasteiger partial charge in [-0.2, -0.15) is 10.2 Å². The Kier molecular flexibility index (Phi) is 4.64. The molecule has 1 amide bonds. The van der Waals surface area contributed by atoms with Crippen LogP contribution in [0.3, 0.4) is 0 Å². The molecule has 0 saturated heterocycles. The molecule has 0 saturated carbocycles. The van der Waals surface area contributed by atoms with Crippen LogP contribution in [0.25, 0.3) is 0 Å². The van der Waals surface area contributed by atoms with E-state index in [1.807, 2.05) is 0 Å². The molecule has 136 valence electrons. The first-order valence-electron chi connectivity index (χ1n) is 6.83. The zero-order valence-corrected chi connectivity index (χ0v) is 13.2. The predicted molar refractivity (Wildman–Crippen MR) is 79.1 cm³/mol. The smallest absolute Gasteiger partial charge is 0.276 e. The summed E-state index contributed by atoms with van der Waals surface area (Å²) < 4.78 is 67.7. The van der Waals surface area contributed by atoms with Crippen molar-refractivity contribution in [2.24, 2.45) is 0 Å². The minimum atomic E-state index is -2.24.